The van der Waals surface area contributed by atoms with Crippen molar-refractivity contribution in [2.24, 2.45) is 0 Å². The fraction of sp³-hybridized carbons (Fsp3) is 0.600. The molecule has 18 heavy (non-hydrogen) atoms. The van der Waals surface area contributed by atoms with Crippen molar-refractivity contribution in [3.8, 4) is 5.75 Å². The molecule has 0 saturated heterocycles. The number of fused-ring (bicyclic) bond motifs is 1. The largest absolute Gasteiger partial charge is 0.493 e. The van der Waals surface area contributed by atoms with Gasteiger partial charge in [-0.2, -0.15) is 0 Å². The number of nitrogens with one attached hydrogen (secondary N) is 1. The van der Waals surface area contributed by atoms with Gasteiger partial charge < -0.3 is 14.8 Å². The third-order valence-corrected chi connectivity index (χ3v) is 3.51. The average Bonchev–Trinajstić information content (AvgIpc) is 2.43. The van der Waals surface area contributed by atoms with E-state index < -0.39 is 0 Å². The number of hydrogen-bond acceptors (Lipinski definition) is 3. The molecular formula is C15H23NO2. The highest BCUT2D eigenvalue weighted by Crippen LogP contribution is 2.35. The van der Waals surface area contributed by atoms with Crippen LogP contribution in [0.5, 0.6) is 5.75 Å². The first-order valence-corrected chi connectivity index (χ1v) is 6.83. The van der Waals surface area contributed by atoms with Crippen LogP contribution in [-0.4, -0.2) is 32.9 Å². The number of para-hydroxylation sites is 1. The number of rotatable bonds is 6. The molecule has 0 aliphatic carbocycles. The Morgan fingerprint density at radius 3 is 3.06 bits per heavy atom. The van der Waals surface area contributed by atoms with Gasteiger partial charge in [0.25, 0.3) is 0 Å². The number of ether oxygens (including phenoxy) is 2. The van der Waals surface area contributed by atoms with Gasteiger partial charge in [0.15, 0.2) is 0 Å². The van der Waals surface area contributed by atoms with Gasteiger partial charge in [0.2, 0.25) is 0 Å². The third-order valence-electron chi connectivity index (χ3n) is 3.51. The maximum absolute atomic E-state index is 5.71. The van der Waals surface area contributed by atoms with Gasteiger partial charge in [0.1, 0.15) is 5.75 Å². The van der Waals surface area contributed by atoms with E-state index in [1.807, 2.05) is 13.1 Å². The minimum absolute atomic E-state index is 0.363. The van der Waals surface area contributed by atoms with Gasteiger partial charge in [-0.25, -0.2) is 0 Å². The minimum atomic E-state index is 0.363. The molecule has 0 amide bonds. The van der Waals surface area contributed by atoms with E-state index in [-0.39, 0.29) is 0 Å². The number of likely N-dealkylation sites (N-methyl/N-ethyl adjacent to an activating group) is 1. The van der Waals surface area contributed by atoms with E-state index in [0.29, 0.717) is 12.0 Å². The molecule has 1 heterocycles. The summed E-state index contributed by atoms with van der Waals surface area (Å²) in [6.07, 6.45) is 2.12. The van der Waals surface area contributed by atoms with Crippen LogP contribution < -0.4 is 10.1 Å². The van der Waals surface area contributed by atoms with Crippen LogP contribution in [0.15, 0.2) is 24.3 Å². The van der Waals surface area contributed by atoms with Gasteiger partial charge in [0, 0.05) is 18.6 Å². The van der Waals surface area contributed by atoms with Crippen LogP contribution in [0.1, 0.15) is 31.2 Å². The summed E-state index contributed by atoms with van der Waals surface area (Å²) in [6, 6.07) is 8.70. The Hall–Kier alpha value is -1.06. The van der Waals surface area contributed by atoms with Crippen LogP contribution in [-0.2, 0) is 4.74 Å². The first-order chi connectivity index (χ1) is 8.86. The molecular weight excluding hydrogens is 226 g/mol. The molecule has 3 nitrogen and oxygen atoms in total. The van der Waals surface area contributed by atoms with Gasteiger partial charge >= 0.3 is 0 Å². The maximum Gasteiger partial charge on any atom is 0.122 e. The van der Waals surface area contributed by atoms with Gasteiger partial charge in [0.05, 0.1) is 13.2 Å². The van der Waals surface area contributed by atoms with Crippen molar-refractivity contribution >= 4 is 0 Å². The molecule has 0 radical (unpaired) electrons. The molecule has 3 heteroatoms. The Kier molecular flexibility index (Phi) is 5.02. The predicted octanol–water partition coefficient (Wildman–Crippen LogP) is 2.57. The lowest BCUT2D eigenvalue weighted by molar-refractivity contribution is 0.0992. The zero-order valence-electron chi connectivity index (χ0n) is 11.3. The van der Waals surface area contributed by atoms with Gasteiger partial charge in [-0.15, -0.1) is 0 Å². The Balaban J connectivity index is 2.07. The summed E-state index contributed by atoms with van der Waals surface area (Å²) in [5, 5.41) is 3.39. The van der Waals surface area contributed by atoms with Gasteiger partial charge in [-0.3, -0.25) is 0 Å². The van der Waals surface area contributed by atoms with Crippen LogP contribution in [0.2, 0.25) is 0 Å². The Labute approximate surface area is 109 Å². The summed E-state index contributed by atoms with van der Waals surface area (Å²) in [4.78, 5) is 0. The standard InChI is InChI=1S/C15H23NO2/c1-3-9-17-11-14(16-2)12-8-10-18-15-7-5-4-6-13(12)15/h4-7,12,14,16H,3,8-11H2,1-2H3. The molecule has 0 spiro atoms. The average molecular weight is 249 g/mol. The maximum atomic E-state index is 5.71. The van der Waals surface area contributed by atoms with E-state index in [4.69, 9.17) is 9.47 Å². The molecule has 2 atom stereocenters. The lowest BCUT2D eigenvalue weighted by Gasteiger charge is -2.32. The monoisotopic (exact) mass is 249 g/mol. The lowest BCUT2D eigenvalue weighted by Crippen LogP contribution is -2.38. The topological polar surface area (TPSA) is 30.5 Å². The summed E-state index contributed by atoms with van der Waals surface area (Å²) in [7, 11) is 2.01. The lowest BCUT2D eigenvalue weighted by atomic mass is 9.87. The molecule has 2 rings (SSSR count). The van der Waals surface area contributed by atoms with Crippen LogP contribution in [0.3, 0.4) is 0 Å². The molecule has 100 valence electrons. The van der Waals surface area contributed by atoms with Crippen molar-refractivity contribution in [3.63, 3.8) is 0 Å². The van der Waals surface area contributed by atoms with Crippen LogP contribution in [0.25, 0.3) is 0 Å². The molecule has 0 fully saturated rings. The van der Waals surface area contributed by atoms with Gasteiger partial charge in [-0.05, 0) is 31.5 Å². The zero-order chi connectivity index (χ0) is 12.8. The second-order valence-corrected chi connectivity index (χ2v) is 4.75. The molecule has 1 aliphatic heterocycles. The van der Waals surface area contributed by atoms with Crippen molar-refractivity contribution in [1.29, 1.82) is 0 Å². The zero-order valence-corrected chi connectivity index (χ0v) is 11.3. The van der Waals surface area contributed by atoms with Crippen molar-refractivity contribution in [3.05, 3.63) is 29.8 Å². The van der Waals surface area contributed by atoms with Crippen molar-refractivity contribution in [1.82, 2.24) is 5.32 Å². The molecule has 1 N–H and O–H groups in total. The van der Waals surface area contributed by atoms with E-state index in [1.165, 1.54) is 5.56 Å². The van der Waals surface area contributed by atoms with Crippen LogP contribution in [0, 0.1) is 0 Å². The summed E-state index contributed by atoms with van der Waals surface area (Å²) in [6.45, 7) is 4.54. The first-order valence-electron chi connectivity index (χ1n) is 6.83. The minimum Gasteiger partial charge on any atom is -0.493 e. The summed E-state index contributed by atoms with van der Waals surface area (Å²) < 4.78 is 11.4. The van der Waals surface area contributed by atoms with Crippen molar-refractivity contribution in [2.45, 2.75) is 31.7 Å². The molecule has 1 aromatic carbocycles. The van der Waals surface area contributed by atoms with E-state index in [9.17, 15) is 0 Å². The fourth-order valence-electron chi connectivity index (χ4n) is 2.54. The summed E-state index contributed by atoms with van der Waals surface area (Å²) in [5.74, 6) is 1.52. The quantitative estimate of drug-likeness (QED) is 0.786. The number of benzene rings is 1. The van der Waals surface area contributed by atoms with E-state index in [0.717, 1.165) is 38.4 Å². The summed E-state index contributed by atoms with van der Waals surface area (Å²) >= 11 is 0. The normalized spacial score (nSPS) is 20.0. The van der Waals surface area contributed by atoms with Crippen molar-refractivity contribution in [2.75, 3.05) is 26.9 Å². The smallest absolute Gasteiger partial charge is 0.122 e. The molecule has 1 aliphatic rings. The molecule has 0 saturated carbocycles. The Morgan fingerprint density at radius 2 is 2.28 bits per heavy atom. The predicted molar refractivity (Wildman–Crippen MR) is 73.3 cm³/mol. The fourth-order valence-corrected chi connectivity index (χ4v) is 2.54. The van der Waals surface area contributed by atoms with Gasteiger partial charge in [-0.1, -0.05) is 25.1 Å². The van der Waals surface area contributed by atoms with E-state index >= 15 is 0 Å². The van der Waals surface area contributed by atoms with Crippen LogP contribution >= 0.6 is 0 Å². The SMILES string of the molecule is CCCOCC(NC)C1CCOc2ccccc21. The molecule has 1 aromatic rings. The second-order valence-electron chi connectivity index (χ2n) is 4.75. The number of hydrogen-bond donors (Lipinski definition) is 1. The Morgan fingerprint density at radius 1 is 1.44 bits per heavy atom. The highest BCUT2D eigenvalue weighted by Gasteiger charge is 2.27. The molecule has 0 aromatic heterocycles. The Bertz CT molecular complexity index is 367. The third kappa shape index (κ3) is 3.03. The highest BCUT2D eigenvalue weighted by atomic mass is 16.5. The van der Waals surface area contributed by atoms with Crippen LogP contribution in [0.4, 0.5) is 0 Å². The van der Waals surface area contributed by atoms with E-state index in [1.54, 1.807) is 0 Å². The second kappa shape index (κ2) is 6.76. The first kappa shape index (κ1) is 13.4. The summed E-state index contributed by atoms with van der Waals surface area (Å²) in [5.41, 5.74) is 1.31. The molecule has 0 bridgehead atoms. The van der Waals surface area contributed by atoms with E-state index in [2.05, 4.69) is 30.4 Å². The highest BCUT2D eigenvalue weighted by molar-refractivity contribution is 5.38. The van der Waals surface area contributed by atoms with Crippen molar-refractivity contribution < 1.29 is 9.47 Å². The molecule has 2 unspecified atom stereocenters.